The van der Waals surface area contributed by atoms with Crippen LogP contribution in [0.25, 0.3) is 0 Å². The number of hydrogen-bond acceptors (Lipinski definition) is 6. The van der Waals surface area contributed by atoms with Crippen molar-refractivity contribution >= 4 is 5.91 Å². The lowest BCUT2D eigenvalue weighted by Crippen LogP contribution is -2.48. The molecule has 2 heterocycles. The first-order valence-electron chi connectivity index (χ1n) is 10.9. The molecule has 3 atom stereocenters. The molecule has 7 nitrogen and oxygen atoms in total. The van der Waals surface area contributed by atoms with Crippen LogP contribution < -0.4 is 5.32 Å². The summed E-state index contributed by atoms with van der Waals surface area (Å²) in [6.45, 7) is 2.13. The van der Waals surface area contributed by atoms with Crippen LogP contribution in [0.4, 0.5) is 0 Å². The number of nitrogens with zero attached hydrogens (tertiary/aromatic N) is 2. The van der Waals surface area contributed by atoms with E-state index in [0.29, 0.717) is 13.0 Å². The van der Waals surface area contributed by atoms with Crippen LogP contribution >= 0.6 is 0 Å². The van der Waals surface area contributed by atoms with E-state index in [9.17, 15) is 15.0 Å². The molecule has 1 aromatic carbocycles. The Bertz CT molecular complexity index is 805. The van der Waals surface area contributed by atoms with Crippen molar-refractivity contribution in [3.05, 3.63) is 53.9 Å². The minimum Gasteiger partial charge on any atom is -0.393 e. The van der Waals surface area contributed by atoms with Gasteiger partial charge >= 0.3 is 0 Å². The van der Waals surface area contributed by atoms with Gasteiger partial charge in [-0.1, -0.05) is 35.5 Å². The van der Waals surface area contributed by atoms with Crippen LogP contribution in [0.1, 0.15) is 54.6 Å². The molecule has 0 spiro atoms. The van der Waals surface area contributed by atoms with Crippen molar-refractivity contribution in [2.75, 3.05) is 19.6 Å². The number of hydrogen-bond donors (Lipinski definition) is 3. The molecule has 2 fully saturated rings. The molecule has 30 heavy (non-hydrogen) atoms. The van der Waals surface area contributed by atoms with Crippen LogP contribution in [0.5, 0.6) is 0 Å². The molecule has 1 saturated heterocycles. The summed E-state index contributed by atoms with van der Waals surface area (Å²) >= 11 is 0. The maximum absolute atomic E-state index is 12.5. The van der Waals surface area contributed by atoms with Crippen molar-refractivity contribution in [2.45, 2.75) is 62.2 Å². The Labute approximate surface area is 177 Å². The number of aromatic nitrogens is 1. The first-order chi connectivity index (χ1) is 14.6. The van der Waals surface area contributed by atoms with Gasteiger partial charge in [0.15, 0.2) is 5.69 Å². The van der Waals surface area contributed by atoms with Gasteiger partial charge in [-0.3, -0.25) is 9.69 Å². The maximum Gasteiger partial charge on any atom is 0.273 e. The molecular weight excluding hydrogens is 382 g/mol. The van der Waals surface area contributed by atoms with Gasteiger partial charge in [0.1, 0.15) is 6.26 Å². The summed E-state index contributed by atoms with van der Waals surface area (Å²) in [5, 5.41) is 27.6. The molecule has 1 aliphatic heterocycles. The van der Waals surface area contributed by atoms with E-state index >= 15 is 0 Å². The minimum atomic E-state index is -0.405. The molecule has 162 valence electrons. The van der Waals surface area contributed by atoms with Crippen LogP contribution in [0.15, 0.2) is 47.2 Å². The van der Waals surface area contributed by atoms with Gasteiger partial charge in [0.25, 0.3) is 5.91 Å². The molecule has 7 heteroatoms. The van der Waals surface area contributed by atoms with E-state index in [4.69, 9.17) is 4.52 Å². The predicted molar refractivity (Wildman–Crippen MR) is 112 cm³/mol. The van der Waals surface area contributed by atoms with Crippen LogP contribution in [0.3, 0.4) is 0 Å². The molecule has 1 aromatic heterocycles. The summed E-state index contributed by atoms with van der Waals surface area (Å²) in [5.41, 5.74) is 1.22. The van der Waals surface area contributed by atoms with E-state index in [0.717, 1.165) is 45.2 Å². The van der Waals surface area contributed by atoms with Crippen molar-refractivity contribution in [1.29, 1.82) is 0 Å². The van der Waals surface area contributed by atoms with E-state index < -0.39 is 6.10 Å². The number of rotatable bonds is 5. The summed E-state index contributed by atoms with van der Waals surface area (Å²) in [5.74, 6) is -0.245. The standard InChI is InChI=1S/C23H31N3O4/c27-18-8-13-26(14-9-18)20-6-11-23(12-7-21(20)28,17-4-2-1-3-5-17)16-24-22(29)19-10-15-30-25-19/h1-5,10,15,18,20-21,27-28H,6-9,11-14,16H2,(H,24,29)/t20-,21-,23-/m0/s1. The van der Waals surface area contributed by atoms with E-state index in [1.54, 1.807) is 6.07 Å². The molecule has 1 aliphatic carbocycles. The molecule has 1 amide bonds. The SMILES string of the molecule is O=C(NC[C@@]1(c2ccccc2)CC[C@H](O)[C@@H](N2CCC(O)CC2)CC1)c1ccon1. The molecule has 0 unspecified atom stereocenters. The lowest BCUT2D eigenvalue weighted by molar-refractivity contribution is 0.00482. The van der Waals surface area contributed by atoms with Gasteiger partial charge in [0.05, 0.1) is 12.2 Å². The van der Waals surface area contributed by atoms with E-state index in [1.165, 1.54) is 11.8 Å². The Morgan fingerprint density at radius 1 is 1.10 bits per heavy atom. The van der Waals surface area contributed by atoms with Crippen molar-refractivity contribution in [2.24, 2.45) is 0 Å². The van der Waals surface area contributed by atoms with Crippen LogP contribution in [0.2, 0.25) is 0 Å². The van der Waals surface area contributed by atoms with Gasteiger partial charge in [0.2, 0.25) is 0 Å². The summed E-state index contributed by atoms with van der Waals surface area (Å²) in [6.07, 6.45) is 5.49. The highest BCUT2D eigenvalue weighted by Gasteiger charge is 2.40. The number of carbonyl (C=O) groups excluding carboxylic acids is 1. The molecular formula is C23H31N3O4. The smallest absolute Gasteiger partial charge is 0.273 e. The number of carbonyl (C=O) groups is 1. The van der Waals surface area contributed by atoms with Crippen LogP contribution in [-0.4, -0.2) is 64.1 Å². The van der Waals surface area contributed by atoms with E-state index in [-0.39, 0.29) is 29.2 Å². The molecule has 2 aromatic rings. The second-order valence-electron chi connectivity index (χ2n) is 8.69. The zero-order valence-electron chi connectivity index (χ0n) is 17.2. The maximum atomic E-state index is 12.5. The highest BCUT2D eigenvalue weighted by Crippen LogP contribution is 2.39. The number of aliphatic hydroxyl groups is 2. The lowest BCUT2D eigenvalue weighted by Gasteiger charge is -2.38. The first-order valence-corrected chi connectivity index (χ1v) is 10.9. The summed E-state index contributed by atoms with van der Waals surface area (Å²) in [4.78, 5) is 14.8. The fourth-order valence-corrected chi connectivity index (χ4v) is 5.03. The summed E-state index contributed by atoms with van der Waals surface area (Å²) < 4.78 is 4.79. The van der Waals surface area contributed by atoms with E-state index in [1.807, 2.05) is 18.2 Å². The van der Waals surface area contributed by atoms with E-state index in [2.05, 4.69) is 27.5 Å². The zero-order chi connectivity index (χ0) is 21.0. The molecule has 3 N–H and O–H groups in total. The summed E-state index contributed by atoms with van der Waals surface area (Å²) in [6, 6.07) is 11.9. The Balaban J connectivity index is 1.52. The molecule has 0 radical (unpaired) electrons. The third-order valence-corrected chi connectivity index (χ3v) is 6.89. The van der Waals surface area contributed by atoms with Gasteiger partial charge in [-0.15, -0.1) is 0 Å². The Morgan fingerprint density at radius 2 is 1.83 bits per heavy atom. The third-order valence-electron chi connectivity index (χ3n) is 6.89. The van der Waals surface area contributed by atoms with Crippen molar-refractivity contribution in [3.63, 3.8) is 0 Å². The quantitative estimate of drug-likeness (QED) is 0.650. The van der Waals surface area contributed by atoms with Crippen LogP contribution in [0, 0.1) is 0 Å². The molecule has 0 bridgehead atoms. The number of likely N-dealkylation sites (tertiary alicyclic amines) is 1. The average Bonchev–Trinajstić information content (AvgIpc) is 3.26. The molecule has 1 saturated carbocycles. The van der Waals surface area contributed by atoms with Gasteiger partial charge in [-0.25, -0.2) is 0 Å². The summed E-state index contributed by atoms with van der Waals surface area (Å²) in [7, 11) is 0. The molecule has 4 rings (SSSR count). The second-order valence-corrected chi connectivity index (χ2v) is 8.69. The first kappa shape index (κ1) is 21.0. The van der Waals surface area contributed by atoms with Gasteiger partial charge in [-0.2, -0.15) is 0 Å². The van der Waals surface area contributed by atoms with Gasteiger partial charge in [0, 0.05) is 37.2 Å². The highest BCUT2D eigenvalue weighted by atomic mass is 16.5. The normalized spacial score (nSPS) is 28.7. The average molecular weight is 414 g/mol. The Kier molecular flexibility index (Phi) is 6.51. The zero-order valence-corrected chi connectivity index (χ0v) is 17.2. The predicted octanol–water partition coefficient (Wildman–Crippen LogP) is 2.10. The topological polar surface area (TPSA) is 98.8 Å². The van der Waals surface area contributed by atoms with Gasteiger partial charge in [-0.05, 0) is 44.1 Å². The van der Waals surface area contributed by atoms with Crippen LogP contribution in [-0.2, 0) is 5.41 Å². The number of benzene rings is 1. The molecule has 2 aliphatic rings. The second kappa shape index (κ2) is 9.29. The minimum absolute atomic E-state index is 0.0920. The van der Waals surface area contributed by atoms with Crippen molar-refractivity contribution < 1.29 is 19.5 Å². The fourth-order valence-electron chi connectivity index (χ4n) is 5.03. The van der Waals surface area contributed by atoms with Crippen molar-refractivity contribution in [1.82, 2.24) is 15.4 Å². The Morgan fingerprint density at radius 3 is 2.53 bits per heavy atom. The largest absolute Gasteiger partial charge is 0.393 e. The number of nitrogens with one attached hydrogen (secondary N) is 1. The monoisotopic (exact) mass is 413 g/mol. The van der Waals surface area contributed by atoms with Gasteiger partial charge < -0.3 is 20.1 Å². The number of aliphatic hydroxyl groups excluding tert-OH is 2. The highest BCUT2D eigenvalue weighted by molar-refractivity contribution is 5.92. The Hall–Kier alpha value is -2.22. The fraction of sp³-hybridized carbons (Fsp3) is 0.565. The lowest BCUT2D eigenvalue weighted by atomic mass is 9.74. The van der Waals surface area contributed by atoms with Crippen molar-refractivity contribution in [3.8, 4) is 0 Å². The number of amides is 1. The third kappa shape index (κ3) is 4.58. The number of piperidine rings is 1.